The largest absolute Gasteiger partial charge is 0.465 e. The number of aliphatic hydroxyl groups excluding tert-OH is 1. The van der Waals surface area contributed by atoms with Crippen molar-refractivity contribution in [1.29, 1.82) is 0 Å². The maximum absolute atomic E-state index is 12.0. The van der Waals surface area contributed by atoms with Crippen molar-refractivity contribution < 1.29 is 17.9 Å². The number of aryl methyl sites for hydroxylation is 1. The maximum atomic E-state index is 12.0. The number of hydrogen-bond donors (Lipinski definition) is 2. The zero-order valence-corrected chi connectivity index (χ0v) is 11.3. The first kappa shape index (κ1) is 13.3. The topological polar surface area (TPSA) is 79.5 Å². The molecule has 2 heterocycles. The Bertz CT molecular complexity index is 627. The molecule has 0 aromatic carbocycles. The summed E-state index contributed by atoms with van der Waals surface area (Å²) < 4.78 is 31.7. The number of sulfonamides is 1. The van der Waals surface area contributed by atoms with E-state index >= 15 is 0 Å². The minimum atomic E-state index is -3.61. The van der Waals surface area contributed by atoms with E-state index in [0.29, 0.717) is 10.6 Å². The van der Waals surface area contributed by atoms with Gasteiger partial charge in [-0.1, -0.05) is 0 Å². The van der Waals surface area contributed by atoms with Gasteiger partial charge in [-0.2, -0.15) is 0 Å². The predicted octanol–water partition coefficient (Wildman–Crippen LogP) is 1.62. The first-order valence-corrected chi connectivity index (χ1v) is 7.61. The van der Waals surface area contributed by atoms with E-state index in [2.05, 4.69) is 4.72 Å². The zero-order chi connectivity index (χ0) is 13.2. The first-order chi connectivity index (χ1) is 8.53. The fourth-order valence-electron chi connectivity index (χ4n) is 1.51. The first-order valence-electron chi connectivity index (χ1n) is 5.25. The van der Waals surface area contributed by atoms with Gasteiger partial charge in [0.1, 0.15) is 11.5 Å². The number of nitrogens with one attached hydrogen (secondary N) is 1. The maximum Gasteiger partial charge on any atom is 0.242 e. The minimum absolute atomic E-state index is 0.0941. The molecular formula is C11H13NO4S2. The van der Waals surface area contributed by atoms with Crippen molar-refractivity contribution >= 4 is 21.4 Å². The molecule has 0 bridgehead atoms. The predicted molar refractivity (Wildman–Crippen MR) is 67.7 cm³/mol. The van der Waals surface area contributed by atoms with Gasteiger partial charge in [0.15, 0.2) is 0 Å². The van der Waals surface area contributed by atoms with Crippen LogP contribution in [-0.2, 0) is 23.2 Å². The van der Waals surface area contributed by atoms with Gasteiger partial charge in [-0.15, -0.1) is 11.3 Å². The molecule has 0 saturated heterocycles. The molecule has 5 nitrogen and oxygen atoms in total. The fourth-order valence-corrected chi connectivity index (χ4v) is 3.79. The summed E-state index contributed by atoms with van der Waals surface area (Å²) in [6.45, 7) is 1.60. The molecule has 0 saturated carbocycles. The van der Waals surface area contributed by atoms with Crippen molar-refractivity contribution in [2.45, 2.75) is 25.0 Å². The summed E-state index contributed by atoms with van der Waals surface area (Å²) in [7, 11) is -3.61. The molecule has 2 rings (SSSR count). The third kappa shape index (κ3) is 2.81. The van der Waals surface area contributed by atoms with Crippen LogP contribution in [-0.4, -0.2) is 13.5 Å². The minimum Gasteiger partial charge on any atom is -0.465 e. The molecule has 98 valence electrons. The van der Waals surface area contributed by atoms with Crippen LogP contribution >= 0.6 is 11.3 Å². The average molecular weight is 287 g/mol. The van der Waals surface area contributed by atoms with Gasteiger partial charge in [0.05, 0.1) is 18.0 Å². The highest BCUT2D eigenvalue weighted by atomic mass is 32.2. The van der Waals surface area contributed by atoms with Crippen LogP contribution in [0.2, 0.25) is 0 Å². The Labute approximate surface area is 109 Å². The van der Waals surface area contributed by atoms with Gasteiger partial charge in [-0.25, -0.2) is 13.1 Å². The number of furan rings is 1. The Morgan fingerprint density at radius 2 is 2.17 bits per heavy atom. The van der Waals surface area contributed by atoms with E-state index in [9.17, 15) is 8.42 Å². The summed E-state index contributed by atoms with van der Waals surface area (Å²) in [6.07, 6.45) is 0. The van der Waals surface area contributed by atoms with Crippen LogP contribution in [0.15, 0.2) is 32.9 Å². The summed E-state index contributed by atoms with van der Waals surface area (Å²) >= 11 is 1.21. The van der Waals surface area contributed by atoms with Gasteiger partial charge in [0.25, 0.3) is 0 Å². The Balaban J connectivity index is 2.13. The highest BCUT2D eigenvalue weighted by molar-refractivity contribution is 7.89. The van der Waals surface area contributed by atoms with Crippen molar-refractivity contribution in [3.63, 3.8) is 0 Å². The molecule has 2 aromatic heterocycles. The third-order valence-corrected chi connectivity index (χ3v) is 4.89. The van der Waals surface area contributed by atoms with Crippen molar-refractivity contribution in [1.82, 2.24) is 4.72 Å². The summed E-state index contributed by atoms with van der Waals surface area (Å²) in [4.78, 5) is 0.552. The lowest BCUT2D eigenvalue weighted by Crippen LogP contribution is -2.23. The third-order valence-electron chi connectivity index (χ3n) is 2.37. The van der Waals surface area contributed by atoms with E-state index in [1.165, 1.54) is 17.4 Å². The van der Waals surface area contributed by atoms with Crippen molar-refractivity contribution in [2.24, 2.45) is 0 Å². The smallest absolute Gasteiger partial charge is 0.242 e. The van der Waals surface area contributed by atoms with Crippen LogP contribution in [0.5, 0.6) is 0 Å². The van der Waals surface area contributed by atoms with Crippen LogP contribution in [0.4, 0.5) is 0 Å². The van der Waals surface area contributed by atoms with Crippen molar-refractivity contribution in [3.05, 3.63) is 40.0 Å². The van der Waals surface area contributed by atoms with Crippen molar-refractivity contribution in [2.75, 3.05) is 0 Å². The van der Waals surface area contributed by atoms with E-state index in [1.54, 1.807) is 24.4 Å². The molecule has 0 aliphatic heterocycles. The molecule has 0 unspecified atom stereocenters. The lowest BCUT2D eigenvalue weighted by atomic mass is 10.4. The average Bonchev–Trinajstić information content (AvgIpc) is 2.95. The lowest BCUT2D eigenvalue weighted by molar-refractivity contribution is 0.282. The molecule has 0 amide bonds. The summed E-state index contributed by atoms with van der Waals surface area (Å²) in [5.74, 6) is 1.28. The fraction of sp³-hybridized carbons (Fsp3) is 0.273. The SMILES string of the molecule is Cc1ccc(CNS(=O)(=O)c2ccsc2CO)o1. The van der Waals surface area contributed by atoms with Gasteiger partial charge < -0.3 is 9.52 Å². The number of hydrogen-bond acceptors (Lipinski definition) is 5. The Morgan fingerprint density at radius 3 is 2.78 bits per heavy atom. The molecule has 0 atom stereocenters. The molecule has 7 heteroatoms. The molecule has 2 aromatic rings. The van der Waals surface area contributed by atoms with Crippen LogP contribution in [0.3, 0.4) is 0 Å². The van der Waals surface area contributed by atoms with Gasteiger partial charge in [0, 0.05) is 4.88 Å². The summed E-state index contributed by atoms with van der Waals surface area (Å²) in [6, 6.07) is 4.97. The quantitative estimate of drug-likeness (QED) is 0.876. The van der Waals surface area contributed by atoms with Gasteiger partial charge in [-0.05, 0) is 30.5 Å². The second-order valence-corrected chi connectivity index (χ2v) is 6.44. The highest BCUT2D eigenvalue weighted by Crippen LogP contribution is 2.21. The molecule has 18 heavy (non-hydrogen) atoms. The zero-order valence-electron chi connectivity index (χ0n) is 9.71. The molecule has 2 N–H and O–H groups in total. The monoisotopic (exact) mass is 287 g/mol. The molecule has 0 spiro atoms. The van der Waals surface area contributed by atoms with E-state index in [1.807, 2.05) is 0 Å². The summed E-state index contributed by atoms with van der Waals surface area (Å²) in [5, 5.41) is 10.7. The number of aliphatic hydroxyl groups is 1. The Morgan fingerprint density at radius 1 is 1.39 bits per heavy atom. The lowest BCUT2D eigenvalue weighted by Gasteiger charge is -2.05. The Hall–Kier alpha value is -1.15. The standard InChI is InChI=1S/C11H13NO4S2/c1-8-2-3-9(16-8)6-12-18(14,15)11-4-5-17-10(11)7-13/h2-5,12-13H,6-7H2,1H3. The van der Waals surface area contributed by atoms with E-state index in [-0.39, 0.29) is 18.0 Å². The van der Waals surface area contributed by atoms with E-state index in [4.69, 9.17) is 9.52 Å². The Kier molecular flexibility index (Phi) is 3.86. The van der Waals surface area contributed by atoms with Crippen LogP contribution in [0, 0.1) is 6.92 Å². The summed E-state index contributed by atoms with van der Waals surface area (Å²) in [5.41, 5.74) is 0. The normalized spacial score (nSPS) is 11.9. The van der Waals surface area contributed by atoms with E-state index in [0.717, 1.165) is 5.76 Å². The number of thiophene rings is 1. The molecule has 0 aliphatic carbocycles. The van der Waals surface area contributed by atoms with Gasteiger partial charge in [-0.3, -0.25) is 0 Å². The van der Waals surface area contributed by atoms with Gasteiger partial charge in [0.2, 0.25) is 10.0 Å². The second kappa shape index (κ2) is 5.23. The van der Waals surface area contributed by atoms with E-state index < -0.39 is 10.0 Å². The number of rotatable bonds is 5. The van der Waals surface area contributed by atoms with Crippen LogP contribution in [0.25, 0.3) is 0 Å². The molecule has 0 radical (unpaired) electrons. The van der Waals surface area contributed by atoms with Gasteiger partial charge >= 0.3 is 0 Å². The molecule has 0 fully saturated rings. The highest BCUT2D eigenvalue weighted by Gasteiger charge is 2.19. The second-order valence-electron chi connectivity index (χ2n) is 3.70. The van der Waals surface area contributed by atoms with Crippen LogP contribution in [0.1, 0.15) is 16.4 Å². The van der Waals surface area contributed by atoms with Crippen molar-refractivity contribution in [3.8, 4) is 0 Å². The molecular weight excluding hydrogens is 274 g/mol. The van der Waals surface area contributed by atoms with Crippen LogP contribution < -0.4 is 4.72 Å². The molecule has 0 aliphatic rings.